The second kappa shape index (κ2) is 12.3. The number of rotatable bonds is 7. The van der Waals surface area contributed by atoms with Gasteiger partial charge in [0.1, 0.15) is 5.82 Å². The van der Waals surface area contributed by atoms with Crippen LogP contribution in [0.1, 0.15) is 58.9 Å². The van der Waals surface area contributed by atoms with Crippen molar-refractivity contribution < 1.29 is 9.59 Å². The molecule has 2 N–H and O–H groups in total. The number of carbonyl (C=O) groups is 2. The zero-order valence-electron chi connectivity index (χ0n) is 22.6. The third-order valence-electron chi connectivity index (χ3n) is 7.08. The van der Waals surface area contributed by atoms with Crippen LogP contribution in [0, 0.1) is 0 Å². The van der Waals surface area contributed by atoms with Crippen LogP contribution in [0.5, 0.6) is 0 Å². The van der Waals surface area contributed by atoms with Crippen molar-refractivity contribution in [1.82, 2.24) is 14.9 Å². The van der Waals surface area contributed by atoms with Crippen molar-refractivity contribution in [3.63, 3.8) is 0 Å². The minimum atomic E-state index is -0.342. The molecule has 2 amide bonds. The molecule has 1 fully saturated rings. The van der Waals surface area contributed by atoms with Crippen LogP contribution in [0.3, 0.4) is 0 Å². The number of amides is 2. The molecule has 0 bridgehead atoms. The van der Waals surface area contributed by atoms with Gasteiger partial charge in [-0.25, -0.2) is 4.98 Å². The van der Waals surface area contributed by atoms with E-state index >= 15 is 0 Å². The van der Waals surface area contributed by atoms with Crippen molar-refractivity contribution >= 4 is 34.9 Å². The molecule has 1 aliphatic rings. The highest BCUT2D eigenvalue weighted by Crippen LogP contribution is 2.31. The van der Waals surface area contributed by atoms with Gasteiger partial charge in [-0.1, -0.05) is 41.9 Å². The number of nitrogens with one attached hydrogen (secondary N) is 2. The predicted molar refractivity (Wildman–Crippen MR) is 160 cm³/mol. The number of benzene rings is 2. The van der Waals surface area contributed by atoms with Gasteiger partial charge in [0.25, 0.3) is 11.8 Å². The van der Waals surface area contributed by atoms with E-state index in [-0.39, 0.29) is 17.9 Å². The molecule has 5 rings (SSSR count). The van der Waals surface area contributed by atoms with E-state index in [2.05, 4.69) is 50.9 Å². The number of nitrogens with zero attached hydrogens (tertiary/aromatic N) is 3. The van der Waals surface area contributed by atoms with E-state index in [4.69, 9.17) is 11.6 Å². The number of halogens is 1. The zero-order chi connectivity index (χ0) is 28.1. The maximum Gasteiger partial charge on any atom is 0.257 e. The Kier molecular flexibility index (Phi) is 8.41. The number of hydrogen-bond donors (Lipinski definition) is 2. The van der Waals surface area contributed by atoms with Gasteiger partial charge in [0.2, 0.25) is 0 Å². The number of piperidine rings is 1. The average molecular weight is 554 g/mol. The van der Waals surface area contributed by atoms with Gasteiger partial charge >= 0.3 is 0 Å². The summed E-state index contributed by atoms with van der Waals surface area (Å²) in [5.74, 6) is 0.694. The van der Waals surface area contributed by atoms with Gasteiger partial charge in [-0.15, -0.1) is 0 Å². The summed E-state index contributed by atoms with van der Waals surface area (Å²) in [6.07, 6.45) is 6.94. The maximum atomic E-state index is 13.3. The molecule has 3 heterocycles. The lowest BCUT2D eigenvalue weighted by Crippen LogP contribution is -2.38. The first-order chi connectivity index (χ1) is 19.4. The van der Waals surface area contributed by atoms with Crippen LogP contribution in [-0.2, 0) is 0 Å². The zero-order valence-corrected chi connectivity index (χ0v) is 23.4. The predicted octanol–water partition coefficient (Wildman–Crippen LogP) is 6.89. The molecule has 0 radical (unpaired) electrons. The molecule has 0 saturated carbocycles. The van der Waals surface area contributed by atoms with E-state index < -0.39 is 0 Å². The molecule has 8 heteroatoms. The molecule has 7 nitrogen and oxygen atoms in total. The Balaban J connectivity index is 1.20. The Morgan fingerprint density at radius 3 is 2.33 bits per heavy atom. The maximum absolute atomic E-state index is 13.3. The van der Waals surface area contributed by atoms with E-state index in [1.54, 1.807) is 36.5 Å². The summed E-state index contributed by atoms with van der Waals surface area (Å²) < 4.78 is 0. The highest BCUT2D eigenvalue weighted by molar-refractivity contribution is 6.34. The summed E-state index contributed by atoms with van der Waals surface area (Å²) in [4.78, 5) is 36.5. The van der Waals surface area contributed by atoms with Crippen LogP contribution in [0.4, 0.5) is 11.5 Å². The third kappa shape index (κ3) is 6.49. The average Bonchev–Trinajstić information content (AvgIpc) is 2.98. The summed E-state index contributed by atoms with van der Waals surface area (Å²) in [5, 5.41) is 6.38. The van der Waals surface area contributed by atoms with E-state index in [9.17, 15) is 9.59 Å². The highest BCUT2D eigenvalue weighted by atomic mass is 35.5. The molecule has 204 valence electrons. The van der Waals surface area contributed by atoms with E-state index in [0.29, 0.717) is 46.7 Å². The summed E-state index contributed by atoms with van der Waals surface area (Å²) in [6, 6.07) is 21.3. The topological polar surface area (TPSA) is 87.2 Å². The molecule has 2 aromatic carbocycles. The van der Waals surface area contributed by atoms with Crippen molar-refractivity contribution in [2.24, 2.45) is 0 Å². The van der Waals surface area contributed by atoms with Crippen molar-refractivity contribution in [2.45, 2.75) is 38.6 Å². The Hall–Kier alpha value is -4.23. The minimum absolute atomic E-state index is 0.0664. The van der Waals surface area contributed by atoms with Gasteiger partial charge in [-0.3, -0.25) is 14.6 Å². The number of likely N-dealkylation sites (tertiary alicyclic amines) is 1. The molecule has 0 aliphatic carbocycles. The first-order valence-corrected chi connectivity index (χ1v) is 13.9. The van der Waals surface area contributed by atoms with E-state index in [0.717, 1.165) is 24.0 Å². The molecular formula is C32H32ClN5O2. The van der Waals surface area contributed by atoms with Crippen molar-refractivity contribution in [2.75, 3.05) is 23.7 Å². The fraction of sp³-hybridized carbons (Fsp3) is 0.250. The summed E-state index contributed by atoms with van der Waals surface area (Å²) in [7, 11) is 0. The van der Waals surface area contributed by atoms with Crippen LogP contribution < -0.4 is 10.6 Å². The van der Waals surface area contributed by atoms with Crippen LogP contribution >= 0.6 is 11.6 Å². The lowest BCUT2D eigenvalue weighted by Gasteiger charge is -2.32. The second-order valence-corrected chi connectivity index (χ2v) is 10.7. The summed E-state index contributed by atoms with van der Waals surface area (Å²) in [6.45, 7) is 5.37. The van der Waals surface area contributed by atoms with Crippen molar-refractivity contribution in [1.29, 1.82) is 0 Å². The number of anilines is 2. The number of hydrogen-bond acceptors (Lipinski definition) is 5. The quantitative estimate of drug-likeness (QED) is 0.260. The van der Waals surface area contributed by atoms with Gasteiger partial charge in [0.15, 0.2) is 0 Å². The number of aromatic nitrogens is 2. The summed E-state index contributed by atoms with van der Waals surface area (Å²) in [5.41, 5.74) is 4.82. The molecule has 1 aliphatic heterocycles. The SMILES string of the molecule is CC(C)Nc1ccc(C(=O)Nc2cc(C(=O)N3CCC(c4ccc(-c5cccnc5)cc4)CC3)ccc2Cl)cn1. The first kappa shape index (κ1) is 27.3. The Morgan fingerprint density at radius 2 is 1.68 bits per heavy atom. The standard InChI is InChI=1S/C32H32ClN5O2/c1-21(2)36-30-12-10-27(20-35-30)31(39)37-29-18-25(9-11-28(29)33)32(40)38-16-13-24(14-17-38)22-5-7-23(8-6-22)26-4-3-15-34-19-26/h3-12,15,18-21,24H,13-14,16-17H2,1-2H3,(H,35,36)(H,37,39). The molecule has 4 aromatic rings. The lowest BCUT2D eigenvalue weighted by molar-refractivity contribution is 0.0712. The Bertz CT molecular complexity index is 1470. The van der Waals surface area contributed by atoms with Gasteiger partial charge < -0.3 is 15.5 Å². The summed E-state index contributed by atoms with van der Waals surface area (Å²) >= 11 is 6.37. The van der Waals surface area contributed by atoms with Gasteiger partial charge in [0.05, 0.1) is 16.3 Å². The smallest absolute Gasteiger partial charge is 0.257 e. The molecule has 0 unspecified atom stereocenters. The molecular weight excluding hydrogens is 522 g/mol. The number of pyridine rings is 2. The van der Waals surface area contributed by atoms with E-state index in [1.165, 1.54) is 11.8 Å². The molecule has 0 atom stereocenters. The fourth-order valence-electron chi connectivity index (χ4n) is 4.94. The van der Waals surface area contributed by atoms with Crippen molar-refractivity contribution in [3.8, 4) is 11.1 Å². The van der Waals surface area contributed by atoms with Crippen LogP contribution in [0.2, 0.25) is 5.02 Å². The largest absolute Gasteiger partial charge is 0.368 e. The highest BCUT2D eigenvalue weighted by Gasteiger charge is 2.25. The lowest BCUT2D eigenvalue weighted by atomic mass is 9.88. The minimum Gasteiger partial charge on any atom is -0.368 e. The number of carbonyl (C=O) groups excluding carboxylic acids is 2. The third-order valence-corrected chi connectivity index (χ3v) is 7.41. The second-order valence-electron chi connectivity index (χ2n) is 10.3. The molecule has 1 saturated heterocycles. The first-order valence-electron chi connectivity index (χ1n) is 13.5. The van der Waals surface area contributed by atoms with Crippen LogP contribution in [-0.4, -0.2) is 45.8 Å². The monoisotopic (exact) mass is 553 g/mol. The molecule has 40 heavy (non-hydrogen) atoms. The molecule has 0 spiro atoms. The normalized spacial score (nSPS) is 13.8. The molecule has 2 aromatic heterocycles. The van der Waals surface area contributed by atoms with Crippen LogP contribution in [0.15, 0.2) is 85.3 Å². The van der Waals surface area contributed by atoms with Crippen LogP contribution in [0.25, 0.3) is 11.1 Å². The Morgan fingerprint density at radius 1 is 0.925 bits per heavy atom. The van der Waals surface area contributed by atoms with Gasteiger partial charge in [-0.2, -0.15) is 0 Å². The fourth-order valence-corrected chi connectivity index (χ4v) is 5.10. The Labute approximate surface area is 239 Å². The van der Waals surface area contributed by atoms with Gasteiger partial charge in [-0.05, 0) is 85.7 Å². The van der Waals surface area contributed by atoms with E-state index in [1.807, 2.05) is 31.0 Å². The van der Waals surface area contributed by atoms with Gasteiger partial charge in [0, 0.05) is 43.3 Å². The van der Waals surface area contributed by atoms with Crippen molar-refractivity contribution in [3.05, 3.63) is 107 Å².